The van der Waals surface area contributed by atoms with Crippen molar-refractivity contribution in [1.82, 2.24) is 10.2 Å². The van der Waals surface area contributed by atoms with E-state index in [9.17, 15) is 0 Å². The molecule has 106 valence electrons. The van der Waals surface area contributed by atoms with Crippen LogP contribution in [0.4, 0.5) is 0 Å². The molecule has 1 fully saturated rings. The van der Waals surface area contributed by atoms with Crippen LogP contribution in [-0.2, 0) is 6.54 Å². The fourth-order valence-corrected chi connectivity index (χ4v) is 2.55. The number of likely N-dealkylation sites (tertiary alicyclic amines) is 1. The zero-order valence-electron chi connectivity index (χ0n) is 12.4. The first-order valence-corrected chi connectivity index (χ1v) is 7.31. The predicted molar refractivity (Wildman–Crippen MR) is 79.6 cm³/mol. The summed E-state index contributed by atoms with van der Waals surface area (Å²) in [5, 5.41) is 3.65. The molecule has 3 nitrogen and oxygen atoms in total. The standard InChI is InChI=1S/C16H26N2O/c1-13(2)19-16-8-6-14(7-9-16)11-17-15-5-4-10-18(3)12-15/h6-9,13,15,17H,4-5,10-12H2,1-3H3. The van der Waals surface area contributed by atoms with Gasteiger partial charge in [-0.2, -0.15) is 0 Å². The van der Waals surface area contributed by atoms with Crippen LogP contribution in [0.25, 0.3) is 0 Å². The Bertz CT molecular complexity index is 375. The molecule has 0 saturated carbocycles. The Morgan fingerprint density at radius 2 is 2.05 bits per heavy atom. The molecule has 1 aromatic rings. The Balaban J connectivity index is 1.79. The molecule has 1 atom stereocenters. The number of hydrogen-bond acceptors (Lipinski definition) is 3. The number of nitrogens with zero attached hydrogens (tertiary/aromatic N) is 1. The van der Waals surface area contributed by atoms with Gasteiger partial charge in [0, 0.05) is 19.1 Å². The summed E-state index contributed by atoms with van der Waals surface area (Å²) in [6.45, 7) is 7.44. The van der Waals surface area contributed by atoms with Crippen LogP contribution in [0, 0.1) is 0 Å². The molecule has 0 aliphatic carbocycles. The quantitative estimate of drug-likeness (QED) is 0.883. The van der Waals surface area contributed by atoms with Crippen LogP contribution < -0.4 is 10.1 Å². The normalized spacial score (nSPS) is 20.7. The van der Waals surface area contributed by atoms with Gasteiger partial charge in [0.25, 0.3) is 0 Å². The van der Waals surface area contributed by atoms with E-state index < -0.39 is 0 Å². The lowest BCUT2D eigenvalue weighted by molar-refractivity contribution is 0.226. The van der Waals surface area contributed by atoms with Crippen molar-refractivity contribution < 1.29 is 4.74 Å². The van der Waals surface area contributed by atoms with Crippen LogP contribution in [0.1, 0.15) is 32.3 Å². The average Bonchev–Trinajstić information content (AvgIpc) is 2.37. The maximum absolute atomic E-state index is 5.65. The van der Waals surface area contributed by atoms with Crippen LogP contribution in [0.2, 0.25) is 0 Å². The van der Waals surface area contributed by atoms with Crippen LogP contribution in [0.15, 0.2) is 24.3 Å². The molecule has 1 aliphatic heterocycles. The molecule has 1 aromatic carbocycles. The summed E-state index contributed by atoms with van der Waals surface area (Å²) >= 11 is 0. The SMILES string of the molecule is CC(C)Oc1ccc(CNC2CCCN(C)C2)cc1. The summed E-state index contributed by atoms with van der Waals surface area (Å²) in [6, 6.07) is 9.05. The minimum Gasteiger partial charge on any atom is -0.491 e. The van der Waals surface area contributed by atoms with Crippen molar-refractivity contribution in [1.29, 1.82) is 0 Å². The Morgan fingerprint density at radius 3 is 2.68 bits per heavy atom. The molecule has 2 rings (SSSR count). The number of hydrogen-bond donors (Lipinski definition) is 1. The molecule has 1 aliphatic rings. The van der Waals surface area contributed by atoms with Crippen molar-refractivity contribution in [2.45, 2.75) is 45.4 Å². The largest absolute Gasteiger partial charge is 0.491 e. The van der Waals surface area contributed by atoms with E-state index in [1.54, 1.807) is 0 Å². The van der Waals surface area contributed by atoms with Gasteiger partial charge in [0.05, 0.1) is 6.10 Å². The molecule has 1 N–H and O–H groups in total. The smallest absolute Gasteiger partial charge is 0.119 e. The Labute approximate surface area is 116 Å². The minimum atomic E-state index is 0.238. The van der Waals surface area contributed by atoms with Crippen molar-refractivity contribution in [2.75, 3.05) is 20.1 Å². The fourth-order valence-electron chi connectivity index (χ4n) is 2.55. The van der Waals surface area contributed by atoms with Gasteiger partial charge in [-0.05, 0) is 58.0 Å². The number of benzene rings is 1. The first-order chi connectivity index (χ1) is 9.13. The summed E-state index contributed by atoms with van der Waals surface area (Å²) in [5.74, 6) is 0.955. The summed E-state index contributed by atoms with van der Waals surface area (Å²) in [4.78, 5) is 2.40. The highest BCUT2D eigenvalue weighted by Crippen LogP contribution is 2.14. The Morgan fingerprint density at radius 1 is 1.32 bits per heavy atom. The second-order valence-electron chi connectivity index (χ2n) is 5.79. The summed E-state index contributed by atoms with van der Waals surface area (Å²) in [6.07, 6.45) is 2.83. The van der Waals surface area contributed by atoms with Crippen molar-refractivity contribution >= 4 is 0 Å². The molecule has 1 saturated heterocycles. The van der Waals surface area contributed by atoms with Crippen molar-refractivity contribution in [3.05, 3.63) is 29.8 Å². The highest BCUT2D eigenvalue weighted by Gasteiger charge is 2.16. The van der Waals surface area contributed by atoms with Crippen LogP contribution >= 0.6 is 0 Å². The first kappa shape index (κ1) is 14.4. The van der Waals surface area contributed by atoms with E-state index in [-0.39, 0.29) is 6.10 Å². The van der Waals surface area contributed by atoms with E-state index in [1.807, 2.05) is 0 Å². The van der Waals surface area contributed by atoms with Gasteiger partial charge in [-0.1, -0.05) is 12.1 Å². The van der Waals surface area contributed by atoms with Gasteiger partial charge in [0.2, 0.25) is 0 Å². The molecule has 1 heterocycles. The molecular weight excluding hydrogens is 236 g/mol. The Kier molecular flexibility index (Phi) is 5.23. The minimum absolute atomic E-state index is 0.238. The number of rotatable bonds is 5. The second-order valence-corrected chi connectivity index (χ2v) is 5.79. The molecule has 3 heteroatoms. The van der Waals surface area contributed by atoms with Gasteiger partial charge in [-0.15, -0.1) is 0 Å². The van der Waals surface area contributed by atoms with Gasteiger partial charge in [-0.25, -0.2) is 0 Å². The lowest BCUT2D eigenvalue weighted by Gasteiger charge is -2.30. The number of likely N-dealkylation sites (N-methyl/N-ethyl adjacent to an activating group) is 1. The molecule has 0 amide bonds. The van der Waals surface area contributed by atoms with E-state index in [4.69, 9.17) is 4.74 Å². The van der Waals surface area contributed by atoms with Crippen molar-refractivity contribution in [2.24, 2.45) is 0 Å². The monoisotopic (exact) mass is 262 g/mol. The maximum Gasteiger partial charge on any atom is 0.119 e. The number of piperidine rings is 1. The third-order valence-corrected chi connectivity index (χ3v) is 3.51. The molecule has 1 unspecified atom stereocenters. The zero-order chi connectivity index (χ0) is 13.7. The first-order valence-electron chi connectivity index (χ1n) is 7.31. The van der Waals surface area contributed by atoms with Gasteiger partial charge in [0.1, 0.15) is 5.75 Å². The van der Waals surface area contributed by atoms with Gasteiger partial charge < -0.3 is 15.0 Å². The van der Waals surface area contributed by atoms with Crippen LogP contribution in [0.5, 0.6) is 5.75 Å². The van der Waals surface area contributed by atoms with E-state index in [0.29, 0.717) is 6.04 Å². The maximum atomic E-state index is 5.65. The van der Waals surface area contributed by atoms with Crippen molar-refractivity contribution in [3.8, 4) is 5.75 Å². The van der Waals surface area contributed by atoms with Crippen molar-refractivity contribution in [3.63, 3.8) is 0 Å². The topological polar surface area (TPSA) is 24.5 Å². The summed E-state index contributed by atoms with van der Waals surface area (Å²) in [5.41, 5.74) is 1.32. The zero-order valence-corrected chi connectivity index (χ0v) is 12.4. The van der Waals surface area contributed by atoms with E-state index >= 15 is 0 Å². The lowest BCUT2D eigenvalue weighted by atomic mass is 10.1. The number of ether oxygens (including phenoxy) is 1. The lowest BCUT2D eigenvalue weighted by Crippen LogP contribution is -2.43. The highest BCUT2D eigenvalue weighted by atomic mass is 16.5. The summed E-state index contributed by atoms with van der Waals surface area (Å²) < 4.78 is 5.65. The second kappa shape index (κ2) is 6.92. The number of nitrogens with one attached hydrogen (secondary N) is 1. The van der Waals surface area contributed by atoms with Gasteiger partial charge in [0.15, 0.2) is 0 Å². The predicted octanol–water partition coefficient (Wildman–Crippen LogP) is 2.66. The average molecular weight is 262 g/mol. The third kappa shape index (κ3) is 4.84. The molecular formula is C16H26N2O. The highest BCUT2D eigenvalue weighted by molar-refractivity contribution is 5.27. The van der Waals surface area contributed by atoms with Gasteiger partial charge in [-0.3, -0.25) is 0 Å². The molecule has 0 radical (unpaired) electrons. The summed E-state index contributed by atoms with van der Waals surface area (Å²) in [7, 11) is 2.20. The van der Waals surface area contributed by atoms with E-state index in [0.717, 1.165) is 18.8 Å². The molecule has 0 aromatic heterocycles. The molecule has 19 heavy (non-hydrogen) atoms. The fraction of sp³-hybridized carbons (Fsp3) is 0.625. The van der Waals surface area contributed by atoms with E-state index in [2.05, 4.69) is 55.4 Å². The van der Waals surface area contributed by atoms with Crippen LogP contribution in [-0.4, -0.2) is 37.2 Å². The molecule has 0 spiro atoms. The Hall–Kier alpha value is -1.06. The van der Waals surface area contributed by atoms with Gasteiger partial charge >= 0.3 is 0 Å². The van der Waals surface area contributed by atoms with E-state index in [1.165, 1.54) is 24.9 Å². The third-order valence-electron chi connectivity index (χ3n) is 3.51. The van der Waals surface area contributed by atoms with Crippen LogP contribution in [0.3, 0.4) is 0 Å². The molecule has 0 bridgehead atoms.